The Morgan fingerprint density at radius 3 is 2.89 bits per heavy atom. The SMILES string of the molecule is CCc1nc(C)c(Cn2nnc3c2CCCC3)o1. The average molecular weight is 246 g/mol. The van der Waals surface area contributed by atoms with Crippen LogP contribution in [0.2, 0.25) is 0 Å². The highest BCUT2D eigenvalue weighted by Crippen LogP contribution is 2.20. The molecule has 96 valence electrons. The Kier molecular flexibility index (Phi) is 2.89. The predicted octanol–water partition coefficient (Wildman–Crippen LogP) is 2.06. The molecule has 0 N–H and O–H groups in total. The van der Waals surface area contributed by atoms with Crippen LogP contribution in [0.1, 0.15) is 48.5 Å². The fourth-order valence-corrected chi connectivity index (χ4v) is 2.47. The number of oxazole rings is 1. The molecule has 0 amide bonds. The van der Waals surface area contributed by atoms with Crippen molar-refractivity contribution in [3.8, 4) is 0 Å². The first kappa shape index (κ1) is 11.4. The van der Waals surface area contributed by atoms with Gasteiger partial charge in [0.25, 0.3) is 0 Å². The van der Waals surface area contributed by atoms with Crippen LogP contribution >= 0.6 is 0 Å². The summed E-state index contributed by atoms with van der Waals surface area (Å²) in [5.74, 6) is 1.71. The molecule has 1 aliphatic rings. The zero-order chi connectivity index (χ0) is 12.5. The van der Waals surface area contributed by atoms with Gasteiger partial charge in [0.2, 0.25) is 0 Å². The monoisotopic (exact) mass is 246 g/mol. The first-order chi connectivity index (χ1) is 8.78. The van der Waals surface area contributed by atoms with Crippen LogP contribution in [0.25, 0.3) is 0 Å². The molecule has 2 heterocycles. The van der Waals surface area contributed by atoms with Crippen molar-refractivity contribution in [3.63, 3.8) is 0 Å². The van der Waals surface area contributed by atoms with E-state index in [4.69, 9.17) is 4.42 Å². The predicted molar refractivity (Wildman–Crippen MR) is 66.4 cm³/mol. The molecule has 0 aromatic carbocycles. The van der Waals surface area contributed by atoms with Crippen LogP contribution in [-0.4, -0.2) is 20.0 Å². The van der Waals surface area contributed by atoms with Crippen LogP contribution in [0.15, 0.2) is 4.42 Å². The Labute approximate surface area is 106 Å². The van der Waals surface area contributed by atoms with E-state index in [2.05, 4.69) is 15.3 Å². The minimum absolute atomic E-state index is 0.654. The minimum atomic E-state index is 0.654. The molecule has 0 saturated carbocycles. The standard InChI is InChI=1S/C13H18N4O/c1-3-13-14-9(2)12(18-13)8-17-11-7-5-4-6-10(11)15-16-17/h3-8H2,1-2H3. The van der Waals surface area contributed by atoms with Gasteiger partial charge in [0.15, 0.2) is 5.89 Å². The first-order valence-corrected chi connectivity index (χ1v) is 6.64. The number of nitrogens with zero attached hydrogens (tertiary/aromatic N) is 4. The van der Waals surface area contributed by atoms with Gasteiger partial charge in [0.05, 0.1) is 17.1 Å². The van der Waals surface area contributed by atoms with Crippen molar-refractivity contribution in [3.05, 3.63) is 28.7 Å². The molecular formula is C13H18N4O. The van der Waals surface area contributed by atoms with Crippen molar-refractivity contribution in [2.45, 2.75) is 52.5 Å². The number of fused-ring (bicyclic) bond motifs is 1. The van der Waals surface area contributed by atoms with Gasteiger partial charge in [-0.1, -0.05) is 12.1 Å². The molecule has 0 radical (unpaired) electrons. The van der Waals surface area contributed by atoms with E-state index >= 15 is 0 Å². The second kappa shape index (κ2) is 4.55. The van der Waals surface area contributed by atoms with Gasteiger partial charge in [-0.2, -0.15) is 0 Å². The summed E-state index contributed by atoms with van der Waals surface area (Å²) in [5.41, 5.74) is 3.40. The Balaban J connectivity index is 1.87. The van der Waals surface area contributed by atoms with Gasteiger partial charge in [-0.25, -0.2) is 9.67 Å². The van der Waals surface area contributed by atoms with Gasteiger partial charge in [-0.3, -0.25) is 0 Å². The molecule has 0 spiro atoms. The van der Waals surface area contributed by atoms with Gasteiger partial charge in [0, 0.05) is 6.42 Å². The van der Waals surface area contributed by atoms with E-state index in [0.29, 0.717) is 6.54 Å². The van der Waals surface area contributed by atoms with E-state index in [9.17, 15) is 0 Å². The van der Waals surface area contributed by atoms with Gasteiger partial charge >= 0.3 is 0 Å². The summed E-state index contributed by atoms with van der Waals surface area (Å²) in [4.78, 5) is 4.39. The van der Waals surface area contributed by atoms with Crippen LogP contribution < -0.4 is 0 Å². The second-order valence-corrected chi connectivity index (χ2v) is 4.82. The molecular weight excluding hydrogens is 228 g/mol. The highest BCUT2D eigenvalue weighted by Gasteiger charge is 2.18. The number of aromatic nitrogens is 4. The molecule has 0 fully saturated rings. The fraction of sp³-hybridized carbons (Fsp3) is 0.615. The van der Waals surface area contributed by atoms with E-state index in [0.717, 1.165) is 42.3 Å². The molecule has 0 aliphatic heterocycles. The van der Waals surface area contributed by atoms with Crippen molar-refractivity contribution >= 4 is 0 Å². The first-order valence-electron chi connectivity index (χ1n) is 6.64. The maximum atomic E-state index is 5.73. The third-order valence-corrected chi connectivity index (χ3v) is 3.53. The summed E-state index contributed by atoms with van der Waals surface area (Å²) < 4.78 is 7.70. The summed E-state index contributed by atoms with van der Waals surface area (Å²) in [5, 5.41) is 8.51. The smallest absolute Gasteiger partial charge is 0.194 e. The molecule has 0 atom stereocenters. The molecule has 5 heteroatoms. The summed E-state index contributed by atoms with van der Waals surface area (Å²) in [6.07, 6.45) is 5.43. The van der Waals surface area contributed by atoms with Crippen LogP contribution in [0, 0.1) is 6.92 Å². The maximum Gasteiger partial charge on any atom is 0.194 e. The Morgan fingerprint density at radius 2 is 2.11 bits per heavy atom. The van der Waals surface area contributed by atoms with E-state index < -0.39 is 0 Å². The van der Waals surface area contributed by atoms with Gasteiger partial charge in [0.1, 0.15) is 12.3 Å². The Hall–Kier alpha value is -1.65. The van der Waals surface area contributed by atoms with Crippen molar-refractivity contribution in [1.29, 1.82) is 0 Å². The largest absolute Gasteiger partial charge is 0.443 e. The molecule has 3 rings (SSSR count). The quantitative estimate of drug-likeness (QED) is 0.831. The van der Waals surface area contributed by atoms with Crippen molar-refractivity contribution in [2.75, 3.05) is 0 Å². The number of aryl methyl sites for hydroxylation is 3. The summed E-state index contributed by atoms with van der Waals surface area (Å²) in [7, 11) is 0. The van der Waals surface area contributed by atoms with Gasteiger partial charge in [-0.05, 0) is 32.6 Å². The van der Waals surface area contributed by atoms with Gasteiger partial charge in [-0.15, -0.1) is 5.10 Å². The van der Waals surface area contributed by atoms with E-state index in [1.54, 1.807) is 0 Å². The highest BCUT2D eigenvalue weighted by atomic mass is 16.4. The highest BCUT2D eigenvalue weighted by molar-refractivity contribution is 5.16. The van der Waals surface area contributed by atoms with Crippen molar-refractivity contribution < 1.29 is 4.42 Å². The van der Waals surface area contributed by atoms with E-state index in [1.807, 2.05) is 18.5 Å². The number of hydrogen-bond donors (Lipinski definition) is 0. The summed E-state index contributed by atoms with van der Waals surface area (Å²) in [6.45, 7) is 4.69. The number of hydrogen-bond acceptors (Lipinski definition) is 4. The Morgan fingerprint density at radius 1 is 1.28 bits per heavy atom. The lowest BCUT2D eigenvalue weighted by Crippen LogP contribution is -2.10. The van der Waals surface area contributed by atoms with Crippen molar-refractivity contribution in [1.82, 2.24) is 20.0 Å². The average Bonchev–Trinajstić information content (AvgIpc) is 2.95. The van der Waals surface area contributed by atoms with E-state index in [-0.39, 0.29) is 0 Å². The molecule has 18 heavy (non-hydrogen) atoms. The molecule has 0 unspecified atom stereocenters. The van der Waals surface area contributed by atoms with Crippen LogP contribution in [0.5, 0.6) is 0 Å². The summed E-state index contributed by atoms with van der Waals surface area (Å²) >= 11 is 0. The lowest BCUT2D eigenvalue weighted by Gasteiger charge is -2.11. The minimum Gasteiger partial charge on any atom is -0.443 e. The molecule has 5 nitrogen and oxygen atoms in total. The van der Waals surface area contributed by atoms with Crippen LogP contribution in [0.4, 0.5) is 0 Å². The normalized spacial score (nSPS) is 14.8. The third-order valence-electron chi connectivity index (χ3n) is 3.53. The number of rotatable bonds is 3. The zero-order valence-corrected chi connectivity index (χ0v) is 10.9. The molecule has 0 bridgehead atoms. The lowest BCUT2D eigenvalue weighted by atomic mass is 10.0. The molecule has 2 aromatic rings. The second-order valence-electron chi connectivity index (χ2n) is 4.82. The van der Waals surface area contributed by atoms with Crippen LogP contribution in [-0.2, 0) is 25.8 Å². The fourth-order valence-electron chi connectivity index (χ4n) is 2.47. The summed E-state index contributed by atoms with van der Waals surface area (Å²) in [6, 6.07) is 0. The van der Waals surface area contributed by atoms with Crippen LogP contribution in [0.3, 0.4) is 0 Å². The molecule has 2 aromatic heterocycles. The lowest BCUT2D eigenvalue weighted by molar-refractivity contribution is 0.431. The van der Waals surface area contributed by atoms with E-state index in [1.165, 1.54) is 18.5 Å². The van der Waals surface area contributed by atoms with Gasteiger partial charge < -0.3 is 4.42 Å². The Bertz CT molecular complexity index is 555. The molecule has 0 saturated heterocycles. The third kappa shape index (κ3) is 1.94. The van der Waals surface area contributed by atoms with Crippen molar-refractivity contribution in [2.24, 2.45) is 0 Å². The maximum absolute atomic E-state index is 5.73. The topological polar surface area (TPSA) is 56.7 Å². The molecule has 1 aliphatic carbocycles. The zero-order valence-electron chi connectivity index (χ0n) is 10.9.